The average molecular weight is 410 g/mol. The highest BCUT2D eigenvalue weighted by molar-refractivity contribution is 7.89. The molecule has 0 fully saturated rings. The van der Waals surface area contributed by atoms with Gasteiger partial charge in [0.2, 0.25) is 15.9 Å². The molecule has 1 aromatic heterocycles. The van der Waals surface area contributed by atoms with E-state index in [1.165, 1.54) is 19.1 Å². The van der Waals surface area contributed by atoms with Gasteiger partial charge in [0.15, 0.2) is 0 Å². The molecule has 0 aliphatic rings. The van der Waals surface area contributed by atoms with Gasteiger partial charge < -0.3 is 9.88 Å². The fourth-order valence-corrected chi connectivity index (χ4v) is 3.59. The fraction of sp³-hybridized carbons (Fsp3) is 0.143. The van der Waals surface area contributed by atoms with E-state index in [9.17, 15) is 13.2 Å². The third-order valence-electron chi connectivity index (χ3n) is 4.43. The molecule has 29 heavy (non-hydrogen) atoms. The number of hydrogen-bond donors (Lipinski definition) is 2. The maximum atomic E-state index is 11.4. The summed E-state index contributed by atoms with van der Waals surface area (Å²) < 4.78 is 24.9. The zero-order valence-corrected chi connectivity index (χ0v) is 17.2. The van der Waals surface area contributed by atoms with Gasteiger partial charge >= 0.3 is 0 Å². The molecule has 0 bridgehead atoms. The van der Waals surface area contributed by atoms with Gasteiger partial charge in [-0.25, -0.2) is 13.6 Å². The van der Waals surface area contributed by atoms with Crippen LogP contribution in [0, 0.1) is 13.8 Å². The van der Waals surface area contributed by atoms with E-state index in [-0.39, 0.29) is 10.8 Å². The largest absolute Gasteiger partial charge is 0.326 e. The van der Waals surface area contributed by atoms with Crippen molar-refractivity contribution in [2.24, 2.45) is 10.1 Å². The lowest BCUT2D eigenvalue weighted by Gasteiger charge is -2.10. The number of aromatic nitrogens is 1. The van der Waals surface area contributed by atoms with Gasteiger partial charge in [0, 0.05) is 41.5 Å². The van der Waals surface area contributed by atoms with Gasteiger partial charge in [-0.15, -0.1) is 0 Å². The molecule has 7 nitrogen and oxygen atoms in total. The van der Waals surface area contributed by atoms with Crippen molar-refractivity contribution in [2.45, 2.75) is 25.7 Å². The molecule has 0 saturated carbocycles. The maximum Gasteiger partial charge on any atom is 0.238 e. The summed E-state index contributed by atoms with van der Waals surface area (Å²) in [5, 5.41) is 7.88. The molecule has 0 aliphatic carbocycles. The van der Waals surface area contributed by atoms with Crippen molar-refractivity contribution in [1.82, 2.24) is 4.57 Å². The van der Waals surface area contributed by atoms with Crippen LogP contribution in [0.25, 0.3) is 5.69 Å². The van der Waals surface area contributed by atoms with Crippen LogP contribution in [-0.2, 0) is 14.8 Å². The Morgan fingerprint density at radius 2 is 1.69 bits per heavy atom. The van der Waals surface area contributed by atoms with E-state index < -0.39 is 10.0 Å². The van der Waals surface area contributed by atoms with E-state index in [2.05, 4.69) is 10.3 Å². The number of nitrogens with two attached hydrogens (primary N) is 1. The molecule has 3 rings (SSSR count). The van der Waals surface area contributed by atoms with Crippen molar-refractivity contribution in [3.05, 3.63) is 71.5 Å². The highest BCUT2D eigenvalue weighted by atomic mass is 32.2. The monoisotopic (exact) mass is 410 g/mol. The zero-order valence-electron chi connectivity index (χ0n) is 16.4. The quantitative estimate of drug-likeness (QED) is 0.629. The number of amides is 1. The molecular formula is C21H22N4O3S. The van der Waals surface area contributed by atoms with Gasteiger partial charge in [-0.3, -0.25) is 9.79 Å². The topological polar surface area (TPSA) is 107 Å². The molecule has 0 spiro atoms. The number of carbonyl (C=O) groups excluding carboxylic acids is 1. The molecule has 150 valence electrons. The van der Waals surface area contributed by atoms with Gasteiger partial charge in [-0.2, -0.15) is 0 Å². The molecule has 0 radical (unpaired) electrons. The van der Waals surface area contributed by atoms with Crippen LogP contribution in [0.15, 0.2) is 64.5 Å². The first-order valence-electron chi connectivity index (χ1n) is 8.89. The van der Waals surface area contributed by atoms with Crippen molar-refractivity contribution in [3.63, 3.8) is 0 Å². The summed E-state index contributed by atoms with van der Waals surface area (Å²) in [5.41, 5.74) is 5.24. The minimum atomic E-state index is -3.72. The maximum absolute atomic E-state index is 11.4. The minimum absolute atomic E-state index is 0.0770. The Morgan fingerprint density at radius 1 is 1.07 bits per heavy atom. The van der Waals surface area contributed by atoms with Gasteiger partial charge in [0.05, 0.1) is 10.6 Å². The molecule has 0 aliphatic heterocycles. The van der Waals surface area contributed by atoms with Crippen LogP contribution in [0.3, 0.4) is 0 Å². The molecule has 3 aromatic rings. The molecule has 3 N–H and O–H groups in total. The molecule has 1 heterocycles. The summed E-state index contributed by atoms with van der Waals surface area (Å²) in [6, 6.07) is 15.7. The van der Waals surface area contributed by atoms with Crippen molar-refractivity contribution in [1.29, 1.82) is 0 Å². The lowest BCUT2D eigenvalue weighted by molar-refractivity contribution is -0.114. The number of aryl methyl sites for hydroxylation is 1. The minimum Gasteiger partial charge on any atom is -0.326 e. The number of hydrogen-bond acceptors (Lipinski definition) is 4. The molecule has 8 heteroatoms. The SMILES string of the molecule is CC(=O)Nc1ccc(N=Cc2cc(C)n(-c3ccc(S(N)(=O)=O)cc3)c2C)cc1. The number of aliphatic imine (C=N–C) groups is 1. The second kappa shape index (κ2) is 8.02. The summed E-state index contributed by atoms with van der Waals surface area (Å²) in [6.07, 6.45) is 1.78. The highest BCUT2D eigenvalue weighted by Gasteiger charge is 2.12. The van der Waals surface area contributed by atoms with Crippen molar-refractivity contribution in [3.8, 4) is 5.69 Å². The number of carbonyl (C=O) groups is 1. The second-order valence-electron chi connectivity index (χ2n) is 6.69. The first-order chi connectivity index (χ1) is 13.6. The standard InChI is InChI=1S/C21H22N4O3S/c1-14-12-17(13-23-18-4-6-19(7-5-18)24-16(3)26)15(2)25(14)20-8-10-21(11-9-20)29(22,27)28/h4-13H,1-3H3,(H,24,26)(H2,22,27,28). The lowest BCUT2D eigenvalue weighted by atomic mass is 10.2. The number of sulfonamides is 1. The van der Waals surface area contributed by atoms with Crippen molar-refractivity contribution >= 4 is 33.5 Å². The number of primary sulfonamides is 1. The summed E-state index contributed by atoms with van der Waals surface area (Å²) in [5.74, 6) is -0.120. The predicted molar refractivity (Wildman–Crippen MR) is 115 cm³/mol. The summed E-state index contributed by atoms with van der Waals surface area (Å²) in [4.78, 5) is 15.7. The van der Waals surface area contributed by atoms with Gasteiger partial charge in [0.1, 0.15) is 0 Å². The van der Waals surface area contributed by atoms with Crippen LogP contribution < -0.4 is 10.5 Å². The van der Waals surface area contributed by atoms with Gasteiger partial charge in [-0.05, 0) is 68.4 Å². The van der Waals surface area contributed by atoms with Crippen LogP contribution in [0.5, 0.6) is 0 Å². The van der Waals surface area contributed by atoms with Gasteiger partial charge in [-0.1, -0.05) is 0 Å². The lowest BCUT2D eigenvalue weighted by Crippen LogP contribution is -2.12. The van der Waals surface area contributed by atoms with Crippen LogP contribution >= 0.6 is 0 Å². The number of benzene rings is 2. The Kier molecular flexibility index (Phi) is 5.67. The fourth-order valence-electron chi connectivity index (χ4n) is 3.08. The Morgan fingerprint density at radius 3 is 2.24 bits per heavy atom. The summed E-state index contributed by atoms with van der Waals surface area (Å²) in [6.45, 7) is 5.41. The predicted octanol–water partition coefficient (Wildman–Crippen LogP) is 3.45. The van der Waals surface area contributed by atoms with Crippen LogP contribution in [-0.4, -0.2) is 25.1 Å². The van der Waals surface area contributed by atoms with E-state index >= 15 is 0 Å². The first kappa shape index (κ1) is 20.5. The van der Waals surface area contributed by atoms with Crippen LogP contribution in [0.4, 0.5) is 11.4 Å². The number of nitrogens with zero attached hydrogens (tertiary/aromatic N) is 2. The van der Waals surface area contributed by atoms with Crippen molar-refractivity contribution in [2.75, 3.05) is 5.32 Å². The van der Waals surface area contributed by atoms with E-state index in [1.54, 1.807) is 30.5 Å². The molecule has 1 amide bonds. The average Bonchev–Trinajstić information content (AvgIpc) is 2.93. The smallest absolute Gasteiger partial charge is 0.238 e. The molecule has 0 atom stereocenters. The third-order valence-corrected chi connectivity index (χ3v) is 5.36. The Balaban J connectivity index is 1.86. The summed E-state index contributed by atoms with van der Waals surface area (Å²) in [7, 11) is -3.72. The zero-order chi connectivity index (χ0) is 21.2. The van der Waals surface area contributed by atoms with E-state index in [4.69, 9.17) is 5.14 Å². The molecule has 2 aromatic carbocycles. The van der Waals surface area contributed by atoms with E-state index in [0.717, 1.165) is 34.0 Å². The van der Waals surface area contributed by atoms with Crippen molar-refractivity contribution < 1.29 is 13.2 Å². The molecule has 0 saturated heterocycles. The van der Waals surface area contributed by atoms with E-state index in [1.807, 2.05) is 36.6 Å². The highest BCUT2D eigenvalue weighted by Crippen LogP contribution is 2.22. The molecular weight excluding hydrogens is 388 g/mol. The van der Waals surface area contributed by atoms with Gasteiger partial charge in [0.25, 0.3) is 0 Å². The Hall–Kier alpha value is -3.23. The second-order valence-corrected chi connectivity index (χ2v) is 8.25. The number of anilines is 1. The first-order valence-corrected chi connectivity index (χ1v) is 10.4. The number of rotatable bonds is 5. The Bertz CT molecular complexity index is 1180. The third kappa shape index (κ3) is 4.79. The van der Waals surface area contributed by atoms with Crippen LogP contribution in [0.1, 0.15) is 23.9 Å². The normalized spacial score (nSPS) is 11.7. The number of nitrogens with one attached hydrogen (secondary N) is 1. The molecule has 0 unspecified atom stereocenters. The Labute approximate surface area is 169 Å². The van der Waals surface area contributed by atoms with Crippen LogP contribution in [0.2, 0.25) is 0 Å². The summed E-state index contributed by atoms with van der Waals surface area (Å²) >= 11 is 0. The van der Waals surface area contributed by atoms with E-state index in [0.29, 0.717) is 0 Å².